The molecule has 0 aliphatic heterocycles. The van der Waals surface area contributed by atoms with Gasteiger partial charge in [0.2, 0.25) is 5.91 Å². The topological polar surface area (TPSA) is 59.8 Å². The highest BCUT2D eigenvalue weighted by Gasteiger charge is 2.21. The van der Waals surface area contributed by atoms with E-state index in [0.717, 1.165) is 11.3 Å². The second-order valence-corrected chi connectivity index (χ2v) is 8.32. The Morgan fingerprint density at radius 1 is 1.19 bits per heavy atom. The van der Waals surface area contributed by atoms with Crippen molar-refractivity contribution >= 4 is 58.2 Å². The summed E-state index contributed by atoms with van der Waals surface area (Å²) >= 11 is 19.5. The van der Waals surface area contributed by atoms with E-state index in [1.165, 1.54) is 23.9 Å². The van der Waals surface area contributed by atoms with Crippen molar-refractivity contribution in [2.45, 2.75) is 24.3 Å². The van der Waals surface area contributed by atoms with E-state index in [1.54, 1.807) is 13.3 Å². The number of amides is 1. The van der Waals surface area contributed by atoms with Crippen LogP contribution in [-0.2, 0) is 4.79 Å². The standard InChI is InChI=1S/C18H15Cl3N4OS/c1-10-5-3-4-6-15(10)25-9-22-24-18(25)27-11(2)17(26)23-16-13(20)7-12(19)8-14(16)21/h3-9,11H,1-2H3,(H,23,26). The number of hydrogen-bond acceptors (Lipinski definition) is 4. The zero-order chi connectivity index (χ0) is 19.6. The monoisotopic (exact) mass is 440 g/mol. The zero-order valence-corrected chi connectivity index (χ0v) is 17.5. The van der Waals surface area contributed by atoms with E-state index in [1.807, 2.05) is 35.8 Å². The van der Waals surface area contributed by atoms with Gasteiger partial charge in [0.05, 0.1) is 26.7 Å². The van der Waals surface area contributed by atoms with Crippen LogP contribution in [0.3, 0.4) is 0 Å². The molecule has 5 nitrogen and oxygen atoms in total. The van der Waals surface area contributed by atoms with Gasteiger partial charge < -0.3 is 5.32 Å². The Morgan fingerprint density at radius 3 is 2.52 bits per heavy atom. The highest BCUT2D eigenvalue weighted by Crippen LogP contribution is 2.34. The summed E-state index contributed by atoms with van der Waals surface area (Å²) < 4.78 is 1.85. The average molecular weight is 442 g/mol. The number of para-hydroxylation sites is 1. The molecule has 0 bridgehead atoms. The number of thioether (sulfide) groups is 1. The molecule has 27 heavy (non-hydrogen) atoms. The summed E-state index contributed by atoms with van der Waals surface area (Å²) in [5.74, 6) is -0.259. The second kappa shape index (κ2) is 8.52. The molecule has 0 saturated heterocycles. The molecule has 1 aromatic heterocycles. The molecule has 0 radical (unpaired) electrons. The minimum Gasteiger partial charge on any atom is -0.323 e. The molecule has 9 heteroatoms. The lowest BCUT2D eigenvalue weighted by atomic mass is 10.2. The molecule has 0 spiro atoms. The maximum Gasteiger partial charge on any atom is 0.237 e. The highest BCUT2D eigenvalue weighted by atomic mass is 35.5. The largest absolute Gasteiger partial charge is 0.323 e. The maximum atomic E-state index is 12.6. The number of nitrogens with one attached hydrogen (secondary N) is 1. The quantitative estimate of drug-likeness (QED) is 0.519. The Hall–Kier alpha value is -1.73. The highest BCUT2D eigenvalue weighted by molar-refractivity contribution is 8.00. The summed E-state index contributed by atoms with van der Waals surface area (Å²) in [6.07, 6.45) is 1.63. The SMILES string of the molecule is Cc1ccccc1-n1cnnc1SC(C)C(=O)Nc1c(Cl)cc(Cl)cc1Cl. The number of carbonyl (C=O) groups is 1. The van der Waals surface area contributed by atoms with Crippen LogP contribution in [0.15, 0.2) is 47.9 Å². The molecule has 0 saturated carbocycles. The first-order valence-electron chi connectivity index (χ1n) is 7.95. The first kappa shape index (κ1) is 20.0. The van der Waals surface area contributed by atoms with Crippen LogP contribution in [0.25, 0.3) is 5.69 Å². The fraction of sp³-hybridized carbons (Fsp3) is 0.167. The molecule has 1 heterocycles. The van der Waals surface area contributed by atoms with Gasteiger partial charge in [0, 0.05) is 5.02 Å². The lowest BCUT2D eigenvalue weighted by Crippen LogP contribution is -2.23. The third kappa shape index (κ3) is 4.58. The van der Waals surface area contributed by atoms with Crippen LogP contribution in [0.1, 0.15) is 12.5 Å². The predicted molar refractivity (Wildman–Crippen MR) is 112 cm³/mol. The van der Waals surface area contributed by atoms with Gasteiger partial charge in [-0.25, -0.2) is 0 Å². The number of benzene rings is 2. The summed E-state index contributed by atoms with van der Waals surface area (Å²) in [5.41, 5.74) is 2.37. The van der Waals surface area contributed by atoms with Crippen molar-refractivity contribution in [1.82, 2.24) is 14.8 Å². The van der Waals surface area contributed by atoms with Crippen LogP contribution in [-0.4, -0.2) is 25.9 Å². The Kier molecular flexibility index (Phi) is 6.32. The van der Waals surface area contributed by atoms with E-state index in [0.29, 0.717) is 15.9 Å². The number of hydrogen-bond donors (Lipinski definition) is 1. The number of carbonyl (C=O) groups excluding carboxylic acids is 1. The number of halogens is 3. The minimum atomic E-state index is -0.459. The second-order valence-electron chi connectivity index (χ2n) is 5.76. The summed E-state index contributed by atoms with van der Waals surface area (Å²) in [6.45, 7) is 3.78. The van der Waals surface area contributed by atoms with Crippen molar-refractivity contribution in [2.24, 2.45) is 0 Å². The van der Waals surface area contributed by atoms with E-state index < -0.39 is 5.25 Å². The maximum absolute atomic E-state index is 12.6. The number of anilines is 1. The normalized spacial score (nSPS) is 12.0. The van der Waals surface area contributed by atoms with Crippen molar-refractivity contribution in [3.05, 3.63) is 63.4 Å². The van der Waals surface area contributed by atoms with Gasteiger partial charge in [-0.05, 0) is 37.6 Å². The first-order valence-corrected chi connectivity index (χ1v) is 9.96. The molecule has 1 N–H and O–H groups in total. The molecule has 140 valence electrons. The lowest BCUT2D eigenvalue weighted by Gasteiger charge is -2.15. The molecular formula is C18H15Cl3N4OS. The molecule has 2 aromatic carbocycles. The molecule has 1 amide bonds. The number of rotatable bonds is 5. The van der Waals surface area contributed by atoms with Crippen molar-refractivity contribution in [3.8, 4) is 5.69 Å². The number of aryl methyl sites for hydroxylation is 1. The molecule has 0 aliphatic carbocycles. The third-order valence-corrected chi connectivity index (χ3v) is 5.67. The van der Waals surface area contributed by atoms with Gasteiger partial charge in [-0.2, -0.15) is 0 Å². The van der Waals surface area contributed by atoms with Crippen LogP contribution in [0.5, 0.6) is 0 Å². The van der Waals surface area contributed by atoms with Crippen molar-refractivity contribution in [3.63, 3.8) is 0 Å². The Balaban J connectivity index is 1.77. The minimum absolute atomic E-state index is 0.259. The van der Waals surface area contributed by atoms with E-state index >= 15 is 0 Å². The summed E-state index contributed by atoms with van der Waals surface area (Å²) in [7, 11) is 0. The van der Waals surface area contributed by atoms with Gasteiger partial charge in [-0.1, -0.05) is 64.8 Å². The van der Waals surface area contributed by atoms with Crippen molar-refractivity contribution in [1.29, 1.82) is 0 Å². The van der Waals surface area contributed by atoms with Crippen LogP contribution in [0.2, 0.25) is 15.1 Å². The molecule has 0 fully saturated rings. The molecular weight excluding hydrogens is 427 g/mol. The Labute approximate surface area is 176 Å². The molecule has 1 atom stereocenters. The Morgan fingerprint density at radius 2 is 1.85 bits per heavy atom. The first-order chi connectivity index (χ1) is 12.9. The van der Waals surface area contributed by atoms with E-state index in [4.69, 9.17) is 34.8 Å². The van der Waals surface area contributed by atoms with Crippen molar-refractivity contribution in [2.75, 3.05) is 5.32 Å². The van der Waals surface area contributed by atoms with Gasteiger partial charge in [0.1, 0.15) is 6.33 Å². The van der Waals surface area contributed by atoms with E-state index in [-0.39, 0.29) is 16.0 Å². The van der Waals surface area contributed by atoms with Gasteiger partial charge in [-0.15, -0.1) is 10.2 Å². The Bertz CT molecular complexity index is 969. The number of nitrogens with zero attached hydrogens (tertiary/aromatic N) is 3. The summed E-state index contributed by atoms with van der Waals surface area (Å²) in [4.78, 5) is 12.6. The fourth-order valence-electron chi connectivity index (χ4n) is 2.40. The van der Waals surface area contributed by atoms with Crippen LogP contribution >= 0.6 is 46.6 Å². The summed E-state index contributed by atoms with van der Waals surface area (Å²) in [6, 6.07) is 10.9. The molecule has 3 rings (SSSR count). The van der Waals surface area contributed by atoms with Crippen LogP contribution < -0.4 is 5.32 Å². The van der Waals surface area contributed by atoms with Crippen molar-refractivity contribution < 1.29 is 4.79 Å². The van der Waals surface area contributed by atoms with Crippen LogP contribution in [0.4, 0.5) is 5.69 Å². The molecule has 3 aromatic rings. The van der Waals surface area contributed by atoms with Gasteiger partial charge >= 0.3 is 0 Å². The van der Waals surface area contributed by atoms with E-state index in [9.17, 15) is 4.79 Å². The lowest BCUT2D eigenvalue weighted by molar-refractivity contribution is -0.115. The smallest absolute Gasteiger partial charge is 0.237 e. The number of aromatic nitrogens is 3. The fourth-order valence-corrected chi connectivity index (χ4v) is 4.15. The molecule has 0 aliphatic rings. The average Bonchev–Trinajstić information content (AvgIpc) is 3.06. The van der Waals surface area contributed by atoms with Gasteiger partial charge in [0.25, 0.3) is 0 Å². The summed E-state index contributed by atoms with van der Waals surface area (Å²) in [5, 5.41) is 12.0. The molecule has 1 unspecified atom stereocenters. The third-order valence-electron chi connectivity index (χ3n) is 3.80. The van der Waals surface area contributed by atoms with E-state index in [2.05, 4.69) is 15.5 Å². The van der Waals surface area contributed by atoms with Gasteiger partial charge in [0.15, 0.2) is 5.16 Å². The van der Waals surface area contributed by atoms with Crippen LogP contribution in [0, 0.1) is 6.92 Å². The predicted octanol–water partition coefficient (Wildman–Crippen LogP) is 5.66. The van der Waals surface area contributed by atoms with Gasteiger partial charge in [-0.3, -0.25) is 9.36 Å². The zero-order valence-electron chi connectivity index (χ0n) is 14.4.